The number of hydrazone groups is 1. The van der Waals surface area contributed by atoms with E-state index in [4.69, 9.17) is 4.74 Å². The molecule has 7 heteroatoms. The van der Waals surface area contributed by atoms with E-state index in [0.717, 1.165) is 29.9 Å². The van der Waals surface area contributed by atoms with Crippen molar-refractivity contribution in [1.82, 2.24) is 9.91 Å². The van der Waals surface area contributed by atoms with Crippen LogP contribution in [0.4, 0.5) is 4.39 Å². The maximum Gasteiger partial charge on any atom is 0.257 e. The Kier molecular flexibility index (Phi) is 5.10. The Morgan fingerprint density at radius 3 is 2.88 bits per heavy atom. The molecule has 3 heterocycles. The van der Waals surface area contributed by atoms with E-state index in [1.54, 1.807) is 17.4 Å². The van der Waals surface area contributed by atoms with Crippen LogP contribution in [0.25, 0.3) is 0 Å². The zero-order chi connectivity index (χ0) is 17.9. The summed E-state index contributed by atoms with van der Waals surface area (Å²) in [5, 5.41) is 10.2. The highest BCUT2D eigenvalue weighted by Crippen LogP contribution is 2.33. The maximum absolute atomic E-state index is 13.7. The number of halogens is 1. The summed E-state index contributed by atoms with van der Waals surface area (Å²) in [5.41, 5.74) is 2.67. The molecule has 0 bridgehead atoms. The fourth-order valence-electron chi connectivity index (χ4n) is 3.34. The number of carbonyl (C=O) groups excluding carboxylic acids is 1. The van der Waals surface area contributed by atoms with Crippen molar-refractivity contribution in [2.45, 2.75) is 12.5 Å². The van der Waals surface area contributed by atoms with Gasteiger partial charge in [0.2, 0.25) is 0 Å². The molecule has 2 aliphatic heterocycles. The summed E-state index contributed by atoms with van der Waals surface area (Å²) in [6.45, 7) is 3.07. The van der Waals surface area contributed by atoms with Gasteiger partial charge in [0.15, 0.2) is 0 Å². The smallest absolute Gasteiger partial charge is 0.257 e. The number of hydrogen-bond donors (Lipinski definition) is 0. The molecule has 2 aromatic rings. The van der Waals surface area contributed by atoms with Crippen molar-refractivity contribution in [3.63, 3.8) is 0 Å². The van der Waals surface area contributed by atoms with Gasteiger partial charge in [-0.2, -0.15) is 16.4 Å². The van der Waals surface area contributed by atoms with Crippen molar-refractivity contribution in [2.24, 2.45) is 5.10 Å². The molecular weight excluding hydrogens is 353 g/mol. The molecule has 26 heavy (non-hydrogen) atoms. The van der Waals surface area contributed by atoms with Crippen LogP contribution in [0, 0.1) is 5.82 Å². The third-order valence-electron chi connectivity index (χ3n) is 4.72. The van der Waals surface area contributed by atoms with Crippen LogP contribution in [0.5, 0.6) is 0 Å². The molecule has 0 spiro atoms. The van der Waals surface area contributed by atoms with Crippen molar-refractivity contribution < 1.29 is 13.9 Å². The number of carbonyl (C=O) groups is 1. The summed E-state index contributed by atoms with van der Waals surface area (Å²) >= 11 is 1.60. The summed E-state index contributed by atoms with van der Waals surface area (Å²) in [6.07, 6.45) is 0.592. The number of ether oxygens (including phenoxy) is 1. The average Bonchev–Trinajstić information content (AvgIpc) is 3.32. The molecule has 1 unspecified atom stereocenters. The maximum atomic E-state index is 13.7. The predicted molar refractivity (Wildman–Crippen MR) is 98.7 cm³/mol. The molecule has 1 fully saturated rings. The van der Waals surface area contributed by atoms with Gasteiger partial charge in [0.1, 0.15) is 5.82 Å². The number of hydrogen-bond acceptors (Lipinski definition) is 5. The Bertz CT molecular complexity index is 803. The summed E-state index contributed by atoms with van der Waals surface area (Å²) in [7, 11) is 0. The second-order valence-electron chi connectivity index (χ2n) is 6.46. The van der Waals surface area contributed by atoms with E-state index >= 15 is 0 Å². The monoisotopic (exact) mass is 373 g/mol. The summed E-state index contributed by atoms with van der Waals surface area (Å²) < 4.78 is 19.1. The van der Waals surface area contributed by atoms with E-state index in [2.05, 4.69) is 10.0 Å². The Morgan fingerprint density at radius 1 is 1.31 bits per heavy atom. The third-order valence-corrected chi connectivity index (χ3v) is 5.40. The van der Waals surface area contributed by atoms with E-state index in [-0.39, 0.29) is 17.8 Å². The number of benzene rings is 1. The van der Waals surface area contributed by atoms with E-state index in [0.29, 0.717) is 26.2 Å². The zero-order valence-electron chi connectivity index (χ0n) is 14.3. The van der Waals surface area contributed by atoms with Crippen LogP contribution in [0.15, 0.2) is 46.2 Å². The van der Waals surface area contributed by atoms with Gasteiger partial charge in [-0.25, -0.2) is 9.40 Å². The van der Waals surface area contributed by atoms with Gasteiger partial charge in [-0.05, 0) is 34.5 Å². The molecule has 1 aromatic heterocycles. The van der Waals surface area contributed by atoms with E-state index in [1.807, 2.05) is 22.9 Å². The minimum atomic E-state index is -0.299. The van der Waals surface area contributed by atoms with Crippen LogP contribution in [0.3, 0.4) is 0 Å². The first-order chi connectivity index (χ1) is 12.7. The van der Waals surface area contributed by atoms with Crippen molar-refractivity contribution in [3.8, 4) is 0 Å². The lowest BCUT2D eigenvalue weighted by Crippen LogP contribution is -2.43. The highest BCUT2D eigenvalue weighted by molar-refractivity contribution is 7.08. The number of rotatable bonds is 4. The van der Waals surface area contributed by atoms with Crippen LogP contribution in [0.2, 0.25) is 0 Å². The SMILES string of the molecule is O=C(CN1CCOCC1)N1N=C(c2ccsc2)CC1c1cccc(F)c1. The summed E-state index contributed by atoms with van der Waals surface area (Å²) in [4.78, 5) is 15.0. The molecule has 136 valence electrons. The molecule has 1 amide bonds. The zero-order valence-corrected chi connectivity index (χ0v) is 15.1. The number of amides is 1. The fraction of sp³-hybridized carbons (Fsp3) is 0.368. The second kappa shape index (κ2) is 7.65. The quantitative estimate of drug-likeness (QED) is 0.828. The van der Waals surface area contributed by atoms with E-state index < -0.39 is 0 Å². The lowest BCUT2D eigenvalue weighted by atomic mass is 9.99. The van der Waals surface area contributed by atoms with Crippen molar-refractivity contribution in [1.29, 1.82) is 0 Å². The van der Waals surface area contributed by atoms with Gasteiger partial charge in [-0.15, -0.1) is 0 Å². The normalized spacial score (nSPS) is 21.0. The molecule has 0 radical (unpaired) electrons. The van der Waals surface area contributed by atoms with Gasteiger partial charge in [0.05, 0.1) is 31.5 Å². The Labute approximate surface area is 155 Å². The van der Waals surface area contributed by atoms with Gasteiger partial charge in [-0.3, -0.25) is 9.69 Å². The number of thiophene rings is 1. The van der Waals surface area contributed by atoms with Gasteiger partial charge < -0.3 is 4.74 Å². The van der Waals surface area contributed by atoms with Crippen molar-refractivity contribution >= 4 is 23.0 Å². The lowest BCUT2D eigenvalue weighted by Gasteiger charge is -2.29. The van der Waals surface area contributed by atoms with Crippen LogP contribution in [0.1, 0.15) is 23.6 Å². The van der Waals surface area contributed by atoms with Gasteiger partial charge >= 0.3 is 0 Å². The Morgan fingerprint density at radius 2 is 2.15 bits per heavy atom. The average molecular weight is 373 g/mol. The number of nitrogens with zero attached hydrogens (tertiary/aromatic N) is 3. The largest absolute Gasteiger partial charge is 0.379 e. The molecule has 0 saturated carbocycles. The second-order valence-corrected chi connectivity index (χ2v) is 7.24. The summed E-state index contributed by atoms with van der Waals surface area (Å²) in [6, 6.07) is 8.17. The third kappa shape index (κ3) is 3.70. The Hall–Kier alpha value is -2.09. The molecule has 1 saturated heterocycles. The van der Waals surface area contributed by atoms with Gasteiger partial charge in [-0.1, -0.05) is 12.1 Å². The van der Waals surface area contributed by atoms with Crippen LogP contribution in [-0.2, 0) is 9.53 Å². The van der Waals surface area contributed by atoms with Crippen LogP contribution < -0.4 is 0 Å². The van der Waals surface area contributed by atoms with Crippen molar-refractivity contribution in [3.05, 3.63) is 58.0 Å². The van der Waals surface area contributed by atoms with E-state index in [1.165, 1.54) is 17.1 Å². The molecule has 1 atom stereocenters. The highest BCUT2D eigenvalue weighted by Gasteiger charge is 2.34. The van der Waals surface area contributed by atoms with Crippen LogP contribution >= 0.6 is 11.3 Å². The predicted octanol–water partition coefficient (Wildman–Crippen LogP) is 2.90. The fourth-order valence-corrected chi connectivity index (χ4v) is 4.00. The first-order valence-corrected chi connectivity index (χ1v) is 9.62. The van der Waals surface area contributed by atoms with Crippen LogP contribution in [-0.4, -0.2) is 54.4 Å². The van der Waals surface area contributed by atoms with Crippen molar-refractivity contribution in [2.75, 3.05) is 32.8 Å². The van der Waals surface area contributed by atoms with Gasteiger partial charge in [0, 0.05) is 25.1 Å². The molecule has 1 aromatic carbocycles. The highest BCUT2D eigenvalue weighted by atomic mass is 32.1. The Balaban J connectivity index is 1.58. The molecule has 2 aliphatic rings. The van der Waals surface area contributed by atoms with Gasteiger partial charge in [0.25, 0.3) is 5.91 Å². The first-order valence-electron chi connectivity index (χ1n) is 8.68. The minimum absolute atomic E-state index is 0.0635. The first kappa shape index (κ1) is 17.3. The number of morpholine rings is 1. The molecular formula is C19H20FN3O2S. The summed E-state index contributed by atoms with van der Waals surface area (Å²) in [5.74, 6) is -0.363. The molecule has 0 aliphatic carbocycles. The molecule has 5 nitrogen and oxygen atoms in total. The molecule has 4 rings (SSSR count). The minimum Gasteiger partial charge on any atom is -0.379 e. The standard InChI is InChI=1S/C19H20FN3O2S/c20-16-3-1-2-14(10-16)18-11-17(15-4-9-26-13-15)21-23(18)19(24)12-22-5-7-25-8-6-22/h1-4,9-10,13,18H,5-8,11-12H2. The van der Waals surface area contributed by atoms with E-state index in [9.17, 15) is 9.18 Å². The molecule has 0 N–H and O–H groups in total. The topological polar surface area (TPSA) is 45.1 Å². The lowest BCUT2D eigenvalue weighted by molar-refractivity contribution is -0.135.